The number of hydrogen-bond acceptors (Lipinski definition) is 1. The Morgan fingerprint density at radius 1 is 1.04 bits per heavy atom. The zero-order valence-electron chi connectivity index (χ0n) is 13.6. The van der Waals surface area contributed by atoms with Crippen molar-refractivity contribution in [2.45, 2.75) is 39.0 Å². The molecule has 1 nitrogen and oxygen atoms in total. The first kappa shape index (κ1) is 18.7. The molecule has 0 N–H and O–H groups in total. The molecule has 1 aromatic rings. The van der Waals surface area contributed by atoms with Gasteiger partial charge < -0.3 is 0 Å². The molecule has 0 saturated carbocycles. The van der Waals surface area contributed by atoms with Gasteiger partial charge in [0, 0.05) is 0 Å². The van der Waals surface area contributed by atoms with Crippen molar-refractivity contribution < 1.29 is 22.0 Å². The van der Waals surface area contributed by atoms with Gasteiger partial charge in [-0.15, -0.1) is 0 Å². The molecule has 0 bridgehead atoms. The van der Waals surface area contributed by atoms with Gasteiger partial charge in [-0.1, -0.05) is 0 Å². The van der Waals surface area contributed by atoms with Gasteiger partial charge in [-0.2, -0.15) is 0 Å². The number of halogens is 5. The monoisotopic (exact) mass is 343 g/mol. The second kappa shape index (κ2) is 7.95. The Morgan fingerprint density at radius 2 is 1.62 bits per heavy atom. The molecule has 24 heavy (non-hydrogen) atoms. The standard InChI is InChI=1S/C17H19BF5N/c1-3-4-5-10(2)9-24-7-6-11(18-24)8-12-13(19)15(21)17(23)16(22)14(12)20/h2-9H2,1H3. The average molecular weight is 343 g/mol. The fraction of sp³-hybridized carbons (Fsp3) is 0.471. The molecule has 0 aliphatic carbocycles. The van der Waals surface area contributed by atoms with E-state index >= 15 is 0 Å². The molecule has 1 aromatic carbocycles. The molecule has 7 heteroatoms. The van der Waals surface area contributed by atoms with Crippen LogP contribution in [0.4, 0.5) is 22.0 Å². The minimum absolute atomic E-state index is 0.288. The van der Waals surface area contributed by atoms with E-state index in [9.17, 15) is 22.0 Å². The van der Waals surface area contributed by atoms with E-state index < -0.39 is 34.6 Å². The number of benzene rings is 1. The summed E-state index contributed by atoms with van der Waals surface area (Å²) in [5.41, 5.74) is 0.927. The number of hydrogen-bond donors (Lipinski definition) is 0. The molecule has 0 spiro atoms. The molecular formula is C17H19BF5N. The van der Waals surface area contributed by atoms with Crippen LogP contribution in [0, 0.1) is 29.1 Å². The van der Waals surface area contributed by atoms with Crippen molar-refractivity contribution in [1.82, 2.24) is 4.81 Å². The Balaban J connectivity index is 2.10. The van der Waals surface area contributed by atoms with Crippen molar-refractivity contribution in [3.8, 4) is 0 Å². The normalized spacial score (nSPS) is 13.9. The molecule has 0 atom stereocenters. The van der Waals surface area contributed by atoms with E-state index in [1.807, 2.05) is 4.81 Å². The Bertz CT molecular complexity index is 642. The van der Waals surface area contributed by atoms with Crippen molar-refractivity contribution in [2.75, 3.05) is 13.1 Å². The summed E-state index contributed by atoms with van der Waals surface area (Å²) in [6.07, 6.45) is 3.27. The van der Waals surface area contributed by atoms with E-state index in [1.165, 1.54) is 0 Å². The van der Waals surface area contributed by atoms with Crippen LogP contribution in [0.25, 0.3) is 0 Å². The van der Waals surface area contributed by atoms with Crippen molar-refractivity contribution in [3.05, 3.63) is 46.8 Å². The SMILES string of the molecule is C=C(CCCC)CN1B=C(Cc2c(F)c(F)c(F)c(F)c2F)CC1. The van der Waals surface area contributed by atoms with E-state index in [-0.39, 0.29) is 6.42 Å². The predicted octanol–water partition coefficient (Wildman–Crippen LogP) is 4.17. The fourth-order valence-corrected chi connectivity index (χ4v) is 2.76. The van der Waals surface area contributed by atoms with Gasteiger partial charge in [-0.25, -0.2) is 0 Å². The van der Waals surface area contributed by atoms with Crippen molar-refractivity contribution in [2.24, 2.45) is 0 Å². The van der Waals surface area contributed by atoms with Crippen LogP contribution in [0.15, 0.2) is 12.2 Å². The predicted molar refractivity (Wildman–Crippen MR) is 85.6 cm³/mol. The average Bonchev–Trinajstić information content (AvgIpc) is 3.00. The zero-order chi connectivity index (χ0) is 17.9. The maximum absolute atomic E-state index is 13.7. The van der Waals surface area contributed by atoms with Gasteiger partial charge in [-0.3, -0.25) is 0 Å². The van der Waals surface area contributed by atoms with Gasteiger partial charge in [0.1, 0.15) is 0 Å². The van der Waals surface area contributed by atoms with Gasteiger partial charge in [-0.05, 0) is 0 Å². The summed E-state index contributed by atoms with van der Waals surface area (Å²) >= 11 is 0. The summed E-state index contributed by atoms with van der Waals surface area (Å²) in [6, 6.07) is 0. The summed E-state index contributed by atoms with van der Waals surface area (Å²) in [6.45, 7) is 7.37. The van der Waals surface area contributed by atoms with Crippen LogP contribution in [-0.2, 0) is 6.42 Å². The molecule has 1 aliphatic rings. The number of rotatable bonds is 7. The first-order valence-corrected chi connectivity index (χ1v) is 7.95. The van der Waals surface area contributed by atoms with Gasteiger partial charge in [0.2, 0.25) is 0 Å². The summed E-state index contributed by atoms with van der Waals surface area (Å²) in [5.74, 6) is -9.42. The molecule has 0 aromatic heterocycles. The van der Waals surface area contributed by atoms with E-state index in [0.29, 0.717) is 25.0 Å². The molecule has 0 unspecified atom stereocenters. The fourth-order valence-electron chi connectivity index (χ4n) is 2.76. The Kier molecular flexibility index (Phi) is 6.18. The topological polar surface area (TPSA) is 3.24 Å². The summed E-state index contributed by atoms with van der Waals surface area (Å²) in [7, 11) is 1.73. The summed E-state index contributed by atoms with van der Waals surface area (Å²) < 4.78 is 67.0. The maximum atomic E-state index is 13.7. The van der Waals surface area contributed by atoms with E-state index in [1.54, 1.807) is 7.06 Å². The molecule has 2 rings (SSSR count). The van der Waals surface area contributed by atoms with E-state index in [4.69, 9.17) is 0 Å². The van der Waals surface area contributed by atoms with E-state index in [2.05, 4.69) is 13.5 Å². The Hall–Kier alpha value is -1.66. The van der Waals surface area contributed by atoms with Gasteiger partial charge in [0.25, 0.3) is 0 Å². The van der Waals surface area contributed by atoms with Crippen LogP contribution in [0.2, 0.25) is 0 Å². The van der Waals surface area contributed by atoms with Crippen molar-refractivity contribution in [3.63, 3.8) is 0 Å². The van der Waals surface area contributed by atoms with Gasteiger partial charge >= 0.3 is 138 Å². The third kappa shape index (κ3) is 4.05. The minimum atomic E-state index is -2.12. The zero-order valence-corrected chi connectivity index (χ0v) is 13.6. The number of unbranched alkanes of at least 4 members (excludes halogenated alkanes) is 1. The molecule has 0 amide bonds. The van der Waals surface area contributed by atoms with Crippen molar-refractivity contribution >= 4 is 12.5 Å². The van der Waals surface area contributed by atoms with Gasteiger partial charge in [0.05, 0.1) is 0 Å². The molecule has 0 radical (unpaired) electrons. The number of nitrogens with zero attached hydrogens (tertiary/aromatic N) is 1. The molecule has 130 valence electrons. The van der Waals surface area contributed by atoms with E-state index in [0.717, 1.165) is 24.8 Å². The first-order chi connectivity index (χ1) is 11.3. The molecule has 0 fully saturated rings. The first-order valence-electron chi connectivity index (χ1n) is 7.95. The second-order valence-electron chi connectivity index (χ2n) is 6.09. The Morgan fingerprint density at radius 3 is 2.21 bits per heavy atom. The Labute approximate surface area is 139 Å². The van der Waals surface area contributed by atoms with Crippen LogP contribution in [-0.4, -0.2) is 30.4 Å². The third-order valence-corrected chi connectivity index (χ3v) is 4.10. The summed E-state index contributed by atoms with van der Waals surface area (Å²) in [5, 5.41) is 0. The molecule has 1 heterocycles. The van der Waals surface area contributed by atoms with Crippen LogP contribution >= 0.6 is 0 Å². The van der Waals surface area contributed by atoms with Crippen LogP contribution in [0.5, 0.6) is 0 Å². The molecule has 1 aliphatic heterocycles. The quantitative estimate of drug-likeness (QED) is 0.236. The third-order valence-electron chi connectivity index (χ3n) is 4.10. The second-order valence-corrected chi connectivity index (χ2v) is 6.09. The molecular weight excluding hydrogens is 324 g/mol. The van der Waals surface area contributed by atoms with Gasteiger partial charge in [0.15, 0.2) is 0 Å². The summed E-state index contributed by atoms with van der Waals surface area (Å²) in [4.78, 5) is 1.96. The van der Waals surface area contributed by atoms with Crippen molar-refractivity contribution in [1.29, 1.82) is 0 Å². The van der Waals surface area contributed by atoms with Crippen LogP contribution in [0.3, 0.4) is 0 Å². The van der Waals surface area contributed by atoms with Crippen LogP contribution < -0.4 is 0 Å². The molecule has 0 saturated heterocycles. The van der Waals surface area contributed by atoms with Crippen LogP contribution in [0.1, 0.15) is 38.2 Å².